The summed E-state index contributed by atoms with van der Waals surface area (Å²) in [5.74, 6) is -0.425. The molecule has 0 aromatic heterocycles. The van der Waals surface area contributed by atoms with E-state index in [0.717, 1.165) is 5.56 Å². The highest BCUT2D eigenvalue weighted by molar-refractivity contribution is 9.10. The average molecular weight is 482 g/mol. The number of esters is 1. The number of halogens is 1. The molecular formula is C23H16BrNO6. The number of benzene rings is 3. The van der Waals surface area contributed by atoms with Crippen molar-refractivity contribution in [2.45, 2.75) is 0 Å². The van der Waals surface area contributed by atoms with Gasteiger partial charge < -0.3 is 9.47 Å². The standard InChI is InChI=1S/C23H16BrNO6/c1-30-21-5-3-2-4-15(21)8-12-20(26)19-14-17(24)9-13-22(19)31-23(27)16-6-10-18(11-7-16)25(28)29/h2-14H,1H3/b12-8+. The van der Waals surface area contributed by atoms with Crippen molar-refractivity contribution in [3.8, 4) is 11.5 Å². The minimum absolute atomic E-state index is 0.0706. The molecule has 3 aromatic carbocycles. The molecule has 3 rings (SSSR count). The second kappa shape index (κ2) is 9.82. The largest absolute Gasteiger partial charge is 0.496 e. The zero-order valence-electron chi connectivity index (χ0n) is 16.3. The first-order valence-corrected chi connectivity index (χ1v) is 9.80. The number of rotatable bonds is 7. The number of nitro groups is 1. The highest BCUT2D eigenvalue weighted by Gasteiger charge is 2.17. The highest BCUT2D eigenvalue weighted by atomic mass is 79.9. The molecule has 7 nitrogen and oxygen atoms in total. The SMILES string of the molecule is COc1ccccc1/C=C/C(=O)c1cc(Br)ccc1OC(=O)c1ccc([N+](=O)[O-])cc1. The fraction of sp³-hybridized carbons (Fsp3) is 0.0435. The third-order valence-electron chi connectivity index (χ3n) is 4.28. The van der Waals surface area contributed by atoms with E-state index in [9.17, 15) is 19.7 Å². The summed E-state index contributed by atoms with van der Waals surface area (Å²) in [4.78, 5) is 35.5. The maximum atomic E-state index is 12.8. The molecule has 0 heterocycles. The number of hydrogen-bond acceptors (Lipinski definition) is 6. The molecule has 0 saturated heterocycles. The fourth-order valence-electron chi connectivity index (χ4n) is 2.72. The Balaban J connectivity index is 1.84. The second-order valence-corrected chi connectivity index (χ2v) is 7.19. The Bertz CT molecular complexity index is 1170. The first-order chi connectivity index (χ1) is 14.9. The van der Waals surface area contributed by atoms with Crippen LogP contribution in [0.5, 0.6) is 11.5 Å². The lowest BCUT2D eigenvalue weighted by Crippen LogP contribution is -2.11. The van der Waals surface area contributed by atoms with Crippen LogP contribution in [0.1, 0.15) is 26.3 Å². The lowest BCUT2D eigenvalue weighted by molar-refractivity contribution is -0.384. The van der Waals surface area contributed by atoms with Crippen LogP contribution in [0, 0.1) is 10.1 Å². The van der Waals surface area contributed by atoms with Crippen LogP contribution < -0.4 is 9.47 Å². The molecule has 0 aliphatic rings. The Morgan fingerprint density at radius 2 is 1.71 bits per heavy atom. The predicted octanol–water partition coefficient (Wildman–Crippen LogP) is 5.48. The first kappa shape index (κ1) is 21.9. The normalized spacial score (nSPS) is 10.6. The zero-order valence-corrected chi connectivity index (χ0v) is 17.9. The van der Waals surface area contributed by atoms with Gasteiger partial charge in [0, 0.05) is 22.2 Å². The summed E-state index contributed by atoms with van der Waals surface area (Å²) < 4.78 is 11.3. The van der Waals surface area contributed by atoms with E-state index < -0.39 is 10.9 Å². The summed E-state index contributed by atoms with van der Waals surface area (Å²) in [6.45, 7) is 0. The molecule has 0 unspecified atom stereocenters. The van der Waals surface area contributed by atoms with Crippen LogP contribution >= 0.6 is 15.9 Å². The monoisotopic (exact) mass is 481 g/mol. The molecule has 0 aliphatic heterocycles. The maximum absolute atomic E-state index is 12.8. The summed E-state index contributed by atoms with van der Waals surface area (Å²) in [5.41, 5.74) is 0.877. The molecule has 3 aromatic rings. The third-order valence-corrected chi connectivity index (χ3v) is 4.77. The molecule has 0 amide bonds. The first-order valence-electron chi connectivity index (χ1n) is 9.00. The molecule has 156 valence electrons. The number of ether oxygens (including phenoxy) is 2. The zero-order chi connectivity index (χ0) is 22.4. The number of nitrogens with zero attached hydrogens (tertiary/aromatic N) is 1. The Kier molecular flexibility index (Phi) is 6.94. The van der Waals surface area contributed by atoms with Gasteiger partial charge in [0.15, 0.2) is 5.78 Å². The molecule has 8 heteroatoms. The lowest BCUT2D eigenvalue weighted by atomic mass is 10.1. The van der Waals surface area contributed by atoms with Crippen LogP contribution in [-0.4, -0.2) is 23.8 Å². The second-order valence-electron chi connectivity index (χ2n) is 6.27. The molecule has 0 aliphatic carbocycles. The Labute approximate surface area is 186 Å². The Morgan fingerprint density at radius 1 is 1.00 bits per heavy atom. The van der Waals surface area contributed by atoms with E-state index in [1.54, 1.807) is 37.5 Å². The number of ketones is 1. The summed E-state index contributed by atoms with van der Waals surface area (Å²) in [6, 6.07) is 16.9. The van der Waals surface area contributed by atoms with Gasteiger partial charge in [-0.15, -0.1) is 0 Å². The minimum Gasteiger partial charge on any atom is -0.496 e. The van der Waals surface area contributed by atoms with Gasteiger partial charge in [0.2, 0.25) is 0 Å². The van der Waals surface area contributed by atoms with Gasteiger partial charge in [-0.25, -0.2) is 4.79 Å². The fourth-order valence-corrected chi connectivity index (χ4v) is 3.08. The molecule has 0 bridgehead atoms. The Hall–Kier alpha value is -3.78. The van der Waals surface area contributed by atoms with Crippen molar-refractivity contribution >= 4 is 39.4 Å². The topological polar surface area (TPSA) is 95.7 Å². The maximum Gasteiger partial charge on any atom is 0.343 e. The molecule has 31 heavy (non-hydrogen) atoms. The van der Waals surface area contributed by atoms with Gasteiger partial charge in [-0.1, -0.05) is 34.1 Å². The number of non-ortho nitro benzene ring substituents is 1. The summed E-state index contributed by atoms with van der Waals surface area (Å²) in [5, 5.41) is 10.8. The number of hydrogen-bond donors (Lipinski definition) is 0. The number of para-hydroxylation sites is 1. The van der Waals surface area contributed by atoms with Crippen LogP contribution in [0.15, 0.2) is 77.3 Å². The molecule has 0 N–H and O–H groups in total. The molecule has 0 atom stereocenters. The van der Waals surface area contributed by atoms with E-state index in [1.807, 2.05) is 12.1 Å². The number of methoxy groups -OCH3 is 1. The highest BCUT2D eigenvalue weighted by Crippen LogP contribution is 2.26. The summed E-state index contributed by atoms with van der Waals surface area (Å²) in [6.07, 6.45) is 2.98. The van der Waals surface area contributed by atoms with Crippen LogP contribution in [0.4, 0.5) is 5.69 Å². The van der Waals surface area contributed by atoms with E-state index in [4.69, 9.17) is 9.47 Å². The molecule has 0 radical (unpaired) electrons. The van der Waals surface area contributed by atoms with Crippen LogP contribution in [-0.2, 0) is 0 Å². The van der Waals surface area contributed by atoms with Crippen molar-refractivity contribution in [1.29, 1.82) is 0 Å². The van der Waals surface area contributed by atoms with Gasteiger partial charge in [0.1, 0.15) is 11.5 Å². The number of carbonyl (C=O) groups is 2. The molecular weight excluding hydrogens is 466 g/mol. The quantitative estimate of drug-likeness (QED) is 0.111. The average Bonchev–Trinajstić information content (AvgIpc) is 2.78. The van der Waals surface area contributed by atoms with E-state index >= 15 is 0 Å². The van der Waals surface area contributed by atoms with E-state index in [1.165, 1.54) is 36.4 Å². The van der Waals surface area contributed by atoms with Gasteiger partial charge in [0.05, 0.1) is 23.2 Å². The van der Waals surface area contributed by atoms with Crippen LogP contribution in [0.3, 0.4) is 0 Å². The molecule has 0 saturated carbocycles. The number of allylic oxidation sites excluding steroid dienone is 1. The lowest BCUT2D eigenvalue weighted by Gasteiger charge is -2.09. The van der Waals surface area contributed by atoms with Crippen molar-refractivity contribution in [2.75, 3.05) is 7.11 Å². The van der Waals surface area contributed by atoms with Gasteiger partial charge in [0.25, 0.3) is 5.69 Å². The van der Waals surface area contributed by atoms with E-state index in [2.05, 4.69) is 15.9 Å². The van der Waals surface area contributed by atoms with Crippen LogP contribution in [0.25, 0.3) is 6.08 Å². The smallest absolute Gasteiger partial charge is 0.343 e. The Morgan fingerprint density at radius 3 is 2.39 bits per heavy atom. The van der Waals surface area contributed by atoms with Crippen molar-refractivity contribution in [1.82, 2.24) is 0 Å². The van der Waals surface area contributed by atoms with Crippen molar-refractivity contribution in [3.63, 3.8) is 0 Å². The number of carbonyl (C=O) groups excluding carboxylic acids is 2. The third kappa shape index (κ3) is 5.43. The van der Waals surface area contributed by atoms with Crippen molar-refractivity contribution in [3.05, 3.63) is 104 Å². The van der Waals surface area contributed by atoms with Crippen molar-refractivity contribution in [2.24, 2.45) is 0 Å². The summed E-state index contributed by atoms with van der Waals surface area (Å²) in [7, 11) is 1.54. The summed E-state index contributed by atoms with van der Waals surface area (Å²) >= 11 is 3.32. The van der Waals surface area contributed by atoms with Gasteiger partial charge in [-0.05, 0) is 48.6 Å². The van der Waals surface area contributed by atoms with Crippen LogP contribution in [0.2, 0.25) is 0 Å². The van der Waals surface area contributed by atoms with Gasteiger partial charge in [-0.3, -0.25) is 14.9 Å². The molecule has 0 spiro atoms. The van der Waals surface area contributed by atoms with E-state index in [-0.39, 0.29) is 28.3 Å². The molecule has 0 fully saturated rings. The number of nitro benzene ring substituents is 1. The van der Waals surface area contributed by atoms with Gasteiger partial charge >= 0.3 is 5.97 Å². The van der Waals surface area contributed by atoms with E-state index in [0.29, 0.717) is 10.2 Å². The predicted molar refractivity (Wildman–Crippen MR) is 119 cm³/mol. The van der Waals surface area contributed by atoms with Crippen molar-refractivity contribution < 1.29 is 24.0 Å². The minimum atomic E-state index is -0.736. The van der Waals surface area contributed by atoms with Gasteiger partial charge in [-0.2, -0.15) is 0 Å².